The zero-order valence-electron chi connectivity index (χ0n) is 7.49. The maximum atomic E-state index is 11.3. The van der Waals surface area contributed by atoms with E-state index < -0.39 is 5.97 Å². The molecule has 5 heteroatoms. The minimum Gasteiger partial charge on any atom is -0.495 e. The minimum atomic E-state index is -0.432. The van der Waals surface area contributed by atoms with Crippen LogP contribution in [0.5, 0.6) is 5.75 Å². The van der Waals surface area contributed by atoms with Gasteiger partial charge in [-0.05, 0) is 6.92 Å². The number of hydrogen-bond acceptors (Lipinski definition) is 5. The molecule has 0 aliphatic heterocycles. The molecule has 2 N–H and O–H groups in total. The Morgan fingerprint density at radius 1 is 1.69 bits per heavy atom. The molecule has 1 aromatic heterocycles. The highest BCUT2D eigenvalue weighted by atomic mass is 32.1. The lowest BCUT2D eigenvalue weighted by Crippen LogP contribution is -2.07. The van der Waals surface area contributed by atoms with Gasteiger partial charge in [-0.1, -0.05) is 0 Å². The summed E-state index contributed by atoms with van der Waals surface area (Å²) in [6, 6.07) is 0. The standard InChI is InChI=1S/C8H11NO3S/c1-3-12-8(10)6-5(11-2)4-13-7(6)9/h4H,3,9H2,1-2H3. The normalized spacial score (nSPS) is 9.69. The van der Waals surface area contributed by atoms with Crippen molar-refractivity contribution in [2.24, 2.45) is 0 Å². The van der Waals surface area contributed by atoms with E-state index in [0.717, 1.165) is 0 Å². The highest BCUT2D eigenvalue weighted by molar-refractivity contribution is 7.14. The van der Waals surface area contributed by atoms with Gasteiger partial charge in [-0.25, -0.2) is 4.79 Å². The fraction of sp³-hybridized carbons (Fsp3) is 0.375. The van der Waals surface area contributed by atoms with E-state index in [2.05, 4.69) is 0 Å². The zero-order chi connectivity index (χ0) is 9.84. The number of ether oxygens (including phenoxy) is 2. The van der Waals surface area contributed by atoms with E-state index in [9.17, 15) is 4.79 Å². The van der Waals surface area contributed by atoms with Gasteiger partial charge in [0.15, 0.2) is 0 Å². The topological polar surface area (TPSA) is 61.5 Å². The van der Waals surface area contributed by atoms with Crippen LogP contribution in [-0.2, 0) is 4.74 Å². The van der Waals surface area contributed by atoms with Crippen molar-refractivity contribution in [3.63, 3.8) is 0 Å². The number of carbonyl (C=O) groups is 1. The first-order chi connectivity index (χ1) is 6.20. The van der Waals surface area contributed by atoms with Gasteiger partial charge >= 0.3 is 5.97 Å². The quantitative estimate of drug-likeness (QED) is 0.753. The van der Waals surface area contributed by atoms with Crippen LogP contribution in [0.4, 0.5) is 5.00 Å². The Labute approximate surface area is 80.3 Å². The fourth-order valence-electron chi connectivity index (χ4n) is 0.911. The molecule has 0 amide bonds. The summed E-state index contributed by atoms with van der Waals surface area (Å²) in [5, 5.41) is 2.11. The van der Waals surface area contributed by atoms with Gasteiger partial charge in [0.1, 0.15) is 16.3 Å². The average molecular weight is 201 g/mol. The summed E-state index contributed by atoms with van der Waals surface area (Å²) in [4.78, 5) is 11.3. The van der Waals surface area contributed by atoms with Crippen LogP contribution in [0.3, 0.4) is 0 Å². The second-order valence-corrected chi connectivity index (χ2v) is 3.18. The average Bonchev–Trinajstić information content (AvgIpc) is 2.47. The van der Waals surface area contributed by atoms with Crippen LogP contribution in [0.15, 0.2) is 5.38 Å². The summed E-state index contributed by atoms with van der Waals surface area (Å²) >= 11 is 1.26. The minimum absolute atomic E-state index is 0.328. The second kappa shape index (κ2) is 4.13. The Morgan fingerprint density at radius 3 is 2.92 bits per heavy atom. The summed E-state index contributed by atoms with van der Waals surface area (Å²) in [5.74, 6) is 0.0408. The summed E-state index contributed by atoms with van der Waals surface area (Å²) in [7, 11) is 1.49. The number of anilines is 1. The molecule has 72 valence electrons. The fourth-order valence-corrected chi connectivity index (χ4v) is 1.66. The maximum absolute atomic E-state index is 11.3. The largest absolute Gasteiger partial charge is 0.495 e. The molecule has 0 saturated heterocycles. The molecule has 0 atom stereocenters. The molecular weight excluding hydrogens is 190 g/mol. The lowest BCUT2D eigenvalue weighted by Gasteiger charge is -2.03. The molecule has 0 aromatic carbocycles. The molecule has 1 heterocycles. The van der Waals surface area contributed by atoms with Crippen LogP contribution in [-0.4, -0.2) is 19.7 Å². The number of nitrogen functional groups attached to an aromatic ring is 1. The van der Waals surface area contributed by atoms with Crippen molar-refractivity contribution < 1.29 is 14.3 Å². The molecule has 1 aromatic rings. The number of nitrogens with two attached hydrogens (primary N) is 1. The van der Waals surface area contributed by atoms with Crippen LogP contribution >= 0.6 is 11.3 Å². The number of esters is 1. The first kappa shape index (κ1) is 9.85. The van der Waals surface area contributed by atoms with Crippen molar-refractivity contribution in [1.82, 2.24) is 0 Å². The van der Waals surface area contributed by atoms with Crippen molar-refractivity contribution in [2.75, 3.05) is 19.5 Å². The Morgan fingerprint density at radius 2 is 2.38 bits per heavy atom. The summed E-state index contributed by atoms with van der Waals surface area (Å²) < 4.78 is 9.78. The van der Waals surface area contributed by atoms with Gasteiger partial charge in [-0.15, -0.1) is 11.3 Å². The molecule has 0 saturated carbocycles. The maximum Gasteiger partial charge on any atom is 0.344 e. The molecule has 13 heavy (non-hydrogen) atoms. The van der Waals surface area contributed by atoms with Crippen molar-refractivity contribution >= 4 is 22.3 Å². The molecular formula is C8H11NO3S. The summed E-state index contributed by atoms with van der Waals surface area (Å²) in [5.41, 5.74) is 5.91. The SMILES string of the molecule is CCOC(=O)c1c(OC)csc1N. The van der Waals surface area contributed by atoms with E-state index in [0.29, 0.717) is 22.9 Å². The monoisotopic (exact) mass is 201 g/mol. The zero-order valence-corrected chi connectivity index (χ0v) is 8.31. The Bertz CT molecular complexity index is 308. The Balaban J connectivity index is 2.96. The van der Waals surface area contributed by atoms with Crippen molar-refractivity contribution in [3.8, 4) is 5.75 Å². The van der Waals surface area contributed by atoms with Crippen molar-refractivity contribution in [1.29, 1.82) is 0 Å². The van der Waals surface area contributed by atoms with E-state index in [1.807, 2.05) is 0 Å². The molecule has 1 rings (SSSR count). The van der Waals surface area contributed by atoms with E-state index in [1.165, 1.54) is 18.4 Å². The van der Waals surface area contributed by atoms with Crippen molar-refractivity contribution in [2.45, 2.75) is 6.92 Å². The number of carbonyl (C=O) groups excluding carboxylic acids is 1. The summed E-state index contributed by atoms with van der Waals surface area (Å²) in [6.45, 7) is 2.07. The highest BCUT2D eigenvalue weighted by Gasteiger charge is 2.18. The Kier molecular flexibility index (Phi) is 3.13. The third-order valence-electron chi connectivity index (χ3n) is 1.49. The molecule has 0 spiro atoms. The first-order valence-electron chi connectivity index (χ1n) is 3.78. The summed E-state index contributed by atoms with van der Waals surface area (Å²) in [6.07, 6.45) is 0. The van der Waals surface area contributed by atoms with Gasteiger partial charge in [-0.2, -0.15) is 0 Å². The molecule has 0 bridgehead atoms. The van der Waals surface area contributed by atoms with Crippen LogP contribution in [0.1, 0.15) is 17.3 Å². The van der Waals surface area contributed by atoms with Gasteiger partial charge in [0, 0.05) is 5.38 Å². The van der Waals surface area contributed by atoms with Gasteiger partial charge < -0.3 is 15.2 Å². The van der Waals surface area contributed by atoms with Gasteiger partial charge in [0.2, 0.25) is 0 Å². The lowest BCUT2D eigenvalue weighted by molar-refractivity contribution is 0.0525. The first-order valence-corrected chi connectivity index (χ1v) is 4.66. The van der Waals surface area contributed by atoms with E-state index in [-0.39, 0.29) is 0 Å². The lowest BCUT2D eigenvalue weighted by atomic mass is 10.3. The number of thiophene rings is 1. The smallest absolute Gasteiger partial charge is 0.344 e. The third kappa shape index (κ3) is 1.92. The van der Waals surface area contributed by atoms with E-state index in [4.69, 9.17) is 15.2 Å². The van der Waals surface area contributed by atoms with Crippen LogP contribution in [0.2, 0.25) is 0 Å². The van der Waals surface area contributed by atoms with Gasteiger partial charge in [-0.3, -0.25) is 0 Å². The molecule has 4 nitrogen and oxygen atoms in total. The second-order valence-electron chi connectivity index (χ2n) is 2.26. The predicted octanol–water partition coefficient (Wildman–Crippen LogP) is 1.52. The van der Waals surface area contributed by atoms with E-state index >= 15 is 0 Å². The molecule has 0 unspecified atom stereocenters. The molecule has 0 aliphatic carbocycles. The number of rotatable bonds is 3. The van der Waals surface area contributed by atoms with Gasteiger partial charge in [0.25, 0.3) is 0 Å². The molecule has 0 radical (unpaired) electrons. The highest BCUT2D eigenvalue weighted by Crippen LogP contribution is 2.31. The molecule has 0 fully saturated rings. The Hall–Kier alpha value is -1.23. The van der Waals surface area contributed by atoms with Crippen LogP contribution in [0, 0.1) is 0 Å². The molecule has 0 aliphatic rings. The van der Waals surface area contributed by atoms with Crippen LogP contribution in [0.25, 0.3) is 0 Å². The predicted molar refractivity (Wildman–Crippen MR) is 51.2 cm³/mol. The van der Waals surface area contributed by atoms with Crippen LogP contribution < -0.4 is 10.5 Å². The third-order valence-corrected chi connectivity index (χ3v) is 2.28. The number of methoxy groups -OCH3 is 1. The van der Waals surface area contributed by atoms with Crippen molar-refractivity contribution in [3.05, 3.63) is 10.9 Å². The number of hydrogen-bond donors (Lipinski definition) is 1. The van der Waals surface area contributed by atoms with Gasteiger partial charge in [0.05, 0.1) is 13.7 Å². The van der Waals surface area contributed by atoms with E-state index in [1.54, 1.807) is 12.3 Å².